The quantitative estimate of drug-likeness (QED) is 0.820. The van der Waals surface area contributed by atoms with Crippen LogP contribution in [0.15, 0.2) is 30.3 Å². The van der Waals surface area contributed by atoms with E-state index in [2.05, 4.69) is 5.32 Å². The van der Waals surface area contributed by atoms with E-state index in [9.17, 15) is 9.59 Å². The summed E-state index contributed by atoms with van der Waals surface area (Å²) in [6.45, 7) is 3.55. The van der Waals surface area contributed by atoms with Gasteiger partial charge in [-0.15, -0.1) is 0 Å². The summed E-state index contributed by atoms with van der Waals surface area (Å²) in [5.74, 6) is -1.22. The van der Waals surface area contributed by atoms with Crippen LogP contribution in [0.4, 0.5) is 0 Å². The van der Waals surface area contributed by atoms with Crippen LogP contribution in [0.2, 0.25) is 0 Å². The van der Waals surface area contributed by atoms with Crippen molar-refractivity contribution in [1.82, 2.24) is 5.32 Å². The highest BCUT2D eigenvalue weighted by Crippen LogP contribution is 2.17. The minimum atomic E-state index is -0.928. The first-order valence-corrected chi connectivity index (χ1v) is 5.58. The van der Waals surface area contributed by atoms with Gasteiger partial charge < -0.3 is 10.4 Å². The van der Waals surface area contributed by atoms with Crippen LogP contribution in [0.1, 0.15) is 31.9 Å². The molecule has 0 aliphatic carbocycles. The van der Waals surface area contributed by atoms with Gasteiger partial charge in [-0.2, -0.15) is 0 Å². The van der Waals surface area contributed by atoms with Gasteiger partial charge in [-0.1, -0.05) is 44.2 Å². The van der Waals surface area contributed by atoms with Crippen LogP contribution in [0, 0.1) is 5.92 Å². The van der Waals surface area contributed by atoms with Crippen molar-refractivity contribution in [3.8, 4) is 0 Å². The van der Waals surface area contributed by atoms with Gasteiger partial charge in [0.1, 0.15) is 0 Å². The minimum Gasteiger partial charge on any atom is -0.481 e. The van der Waals surface area contributed by atoms with E-state index in [0.717, 1.165) is 5.56 Å². The Morgan fingerprint density at radius 3 is 2.29 bits per heavy atom. The third-order valence-corrected chi connectivity index (χ3v) is 2.42. The molecule has 0 radical (unpaired) electrons. The fourth-order valence-corrected chi connectivity index (χ4v) is 1.45. The Hall–Kier alpha value is -1.84. The summed E-state index contributed by atoms with van der Waals surface area (Å²) in [5.41, 5.74) is 0.809. The molecule has 92 valence electrons. The standard InChI is InChI=1S/C13H17NO3/c1-9(2)13(17)14-11(8-12(15)16)10-6-4-3-5-7-10/h3-7,9,11H,8H2,1-2H3,(H,14,17)(H,15,16). The van der Waals surface area contributed by atoms with E-state index < -0.39 is 12.0 Å². The molecule has 0 saturated carbocycles. The van der Waals surface area contributed by atoms with Crippen molar-refractivity contribution >= 4 is 11.9 Å². The van der Waals surface area contributed by atoms with Gasteiger partial charge in [0.25, 0.3) is 0 Å². The van der Waals surface area contributed by atoms with E-state index in [1.165, 1.54) is 0 Å². The molecule has 0 saturated heterocycles. The number of hydrogen-bond donors (Lipinski definition) is 2. The summed E-state index contributed by atoms with van der Waals surface area (Å²) in [6.07, 6.45) is -0.109. The van der Waals surface area contributed by atoms with E-state index in [1.54, 1.807) is 13.8 Å². The number of benzene rings is 1. The largest absolute Gasteiger partial charge is 0.481 e. The Morgan fingerprint density at radius 1 is 1.24 bits per heavy atom. The van der Waals surface area contributed by atoms with Gasteiger partial charge in [-0.3, -0.25) is 9.59 Å². The molecule has 4 nitrogen and oxygen atoms in total. The van der Waals surface area contributed by atoms with Crippen molar-refractivity contribution in [2.45, 2.75) is 26.3 Å². The van der Waals surface area contributed by atoms with Crippen LogP contribution in [0.25, 0.3) is 0 Å². The fourth-order valence-electron chi connectivity index (χ4n) is 1.45. The maximum Gasteiger partial charge on any atom is 0.305 e. The monoisotopic (exact) mass is 235 g/mol. The smallest absolute Gasteiger partial charge is 0.305 e. The Bertz CT molecular complexity index is 387. The number of rotatable bonds is 5. The molecule has 1 aromatic carbocycles. The van der Waals surface area contributed by atoms with Gasteiger partial charge in [-0.25, -0.2) is 0 Å². The molecule has 4 heteroatoms. The fraction of sp³-hybridized carbons (Fsp3) is 0.385. The van der Waals surface area contributed by atoms with Crippen LogP contribution < -0.4 is 5.32 Å². The van der Waals surface area contributed by atoms with Gasteiger partial charge in [0.15, 0.2) is 0 Å². The maximum absolute atomic E-state index is 11.6. The molecule has 0 aliphatic rings. The molecule has 1 aromatic rings. The topological polar surface area (TPSA) is 66.4 Å². The number of hydrogen-bond acceptors (Lipinski definition) is 2. The summed E-state index contributed by atoms with van der Waals surface area (Å²) in [6, 6.07) is 8.66. The molecule has 2 N–H and O–H groups in total. The first-order valence-electron chi connectivity index (χ1n) is 5.58. The highest BCUT2D eigenvalue weighted by molar-refractivity contribution is 5.79. The summed E-state index contributed by atoms with van der Waals surface area (Å²) in [5, 5.41) is 11.6. The lowest BCUT2D eigenvalue weighted by Crippen LogP contribution is -2.33. The summed E-state index contributed by atoms with van der Waals surface area (Å²) >= 11 is 0. The molecule has 1 atom stereocenters. The third-order valence-electron chi connectivity index (χ3n) is 2.42. The minimum absolute atomic E-state index is 0.109. The highest BCUT2D eigenvalue weighted by atomic mass is 16.4. The number of carbonyl (C=O) groups excluding carboxylic acids is 1. The molecule has 0 fully saturated rings. The van der Waals surface area contributed by atoms with Crippen molar-refractivity contribution in [2.24, 2.45) is 5.92 Å². The maximum atomic E-state index is 11.6. The Balaban J connectivity index is 2.81. The molecule has 0 aromatic heterocycles. The Morgan fingerprint density at radius 2 is 1.82 bits per heavy atom. The molecule has 0 bridgehead atoms. The predicted octanol–water partition coefficient (Wildman–Crippen LogP) is 1.97. The van der Waals surface area contributed by atoms with Gasteiger partial charge in [0, 0.05) is 5.92 Å². The lowest BCUT2D eigenvalue weighted by molar-refractivity contribution is -0.137. The van der Waals surface area contributed by atoms with Crippen molar-refractivity contribution < 1.29 is 14.7 Å². The molecule has 0 aliphatic heterocycles. The zero-order valence-corrected chi connectivity index (χ0v) is 10.0. The molecule has 0 heterocycles. The number of amides is 1. The molecular formula is C13H17NO3. The lowest BCUT2D eigenvalue weighted by atomic mass is 10.0. The number of carbonyl (C=O) groups is 2. The van der Waals surface area contributed by atoms with Gasteiger partial charge >= 0.3 is 5.97 Å². The van der Waals surface area contributed by atoms with Crippen LogP contribution in [0.3, 0.4) is 0 Å². The molecule has 1 rings (SSSR count). The highest BCUT2D eigenvalue weighted by Gasteiger charge is 2.19. The second kappa shape index (κ2) is 6.03. The van der Waals surface area contributed by atoms with Gasteiger partial charge in [0.05, 0.1) is 12.5 Å². The first-order chi connectivity index (χ1) is 8.00. The van der Waals surface area contributed by atoms with Crippen molar-refractivity contribution in [1.29, 1.82) is 0 Å². The van der Waals surface area contributed by atoms with E-state index in [4.69, 9.17) is 5.11 Å². The summed E-state index contributed by atoms with van der Waals surface area (Å²) in [4.78, 5) is 22.4. The Kier molecular flexibility index (Phi) is 4.69. The normalized spacial score (nSPS) is 12.2. The number of carboxylic acid groups (broad SMARTS) is 1. The predicted molar refractivity (Wildman–Crippen MR) is 64.4 cm³/mol. The average molecular weight is 235 g/mol. The van der Waals surface area contributed by atoms with Crippen molar-refractivity contribution in [2.75, 3.05) is 0 Å². The van der Waals surface area contributed by atoms with Crippen LogP contribution in [-0.2, 0) is 9.59 Å². The van der Waals surface area contributed by atoms with Gasteiger partial charge in [-0.05, 0) is 5.56 Å². The molecule has 17 heavy (non-hydrogen) atoms. The Labute approximate surface area is 101 Å². The molecular weight excluding hydrogens is 218 g/mol. The van der Waals surface area contributed by atoms with E-state index in [-0.39, 0.29) is 18.2 Å². The van der Waals surface area contributed by atoms with Crippen molar-refractivity contribution in [3.63, 3.8) is 0 Å². The second-order valence-electron chi connectivity index (χ2n) is 4.22. The number of carboxylic acids is 1. The lowest BCUT2D eigenvalue weighted by Gasteiger charge is -2.18. The third kappa shape index (κ3) is 4.26. The van der Waals surface area contributed by atoms with E-state index in [1.807, 2.05) is 30.3 Å². The first kappa shape index (κ1) is 13.2. The zero-order chi connectivity index (χ0) is 12.8. The van der Waals surface area contributed by atoms with Crippen LogP contribution in [0.5, 0.6) is 0 Å². The molecule has 0 spiro atoms. The summed E-state index contributed by atoms with van der Waals surface area (Å²) < 4.78 is 0. The summed E-state index contributed by atoms with van der Waals surface area (Å²) in [7, 11) is 0. The van der Waals surface area contributed by atoms with E-state index >= 15 is 0 Å². The number of aliphatic carboxylic acids is 1. The number of nitrogens with one attached hydrogen (secondary N) is 1. The zero-order valence-electron chi connectivity index (χ0n) is 10.0. The van der Waals surface area contributed by atoms with Crippen LogP contribution in [-0.4, -0.2) is 17.0 Å². The van der Waals surface area contributed by atoms with Gasteiger partial charge in [0.2, 0.25) is 5.91 Å². The molecule has 1 unspecified atom stereocenters. The van der Waals surface area contributed by atoms with E-state index in [0.29, 0.717) is 0 Å². The van der Waals surface area contributed by atoms with Crippen molar-refractivity contribution in [3.05, 3.63) is 35.9 Å². The molecule has 1 amide bonds. The van der Waals surface area contributed by atoms with Crippen LogP contribution >= 0.6 is 0 Å². The average Bonchev–Trinajstić information content (AvgIpc) is 2.28. The second-order valence-corrected chi connectivity index (χ2v) is 4.22. The SMILES string of the molecule is CC(C)C(=O)NC(CC(=O)O)c1ccccc1.